The van der Waals surface area contributed by atoms with Crippen molar-refractivity contribution in [3.8, 4) is 22.8 Å². The average Bonchev–Trinajstić information content (AvgIpc) is 3.71. The molecule has 2 aromatic heterocycles. The van der Waals surface area contributed by atoms with Gasteiger partial charge in [-0.05, 0) is 98.7 Å². The molecule has 3 aliphatic rings. The quantitative estimate of drug-likeness (QED) is 0.246. The maximum absolute atomic E-state index is 12.5. The van der Waals surface area contributed by atoms with Crippen molar-refractivity contribution in [3.63, 3.8) is 0 Å². The summed E-state index contributed by atoms with van der Waals surface area (Å²) in [5.41, 5.74) is 7.68. The zero-order valence-electron chi connectivity index (χ0n) is 25.3. The predicted molar refractivity (Wildman–Crippen MR) is 167 cm³/mol. The molecule has 0 radical (unpaired) electrons. The molecule has 0 unspecified atom stereocenters. The van der Waals surface area contributed by atoms with Gasteiger partial charge in [-0.15, -0.1) is 0 Å². The molecule has 226 valence electrons. The minimum absolute atomic E-state index is 0.0936. The molecule has 4 aromatic rings. The van der Waals surface area contributed by atoms with Crippen molar-refractivity contribution in [1.82, 2.24) is 19.7 Å². The lowest BCUT2D eigenvalue weighted by Gasteiger charge is -2.33. The molecule has 8 heteroatoms. The topological polar surface area (TPSA) is 97.6 Å². The first-order valence-corrected chi connectivity index (χ1v) is 15.9. The van der Waals surface area contributed by atoms with Crippen LogP contribution in [0.25, 0.3) is 17.1 Å². The first kappa shape index (κ1) is 28.3. The molecule has 8 nitrogen and oxygen atoms in total. The van der Waals surface area contributed by atoms with E-state index in [1.807, 2.05) is 18.2 Å². The summed E-state index contributed by atoms with van der Waals surface area (Å²) in [5.74, 6) is 1.59. The van der Waals surface area contributed by atoms with Gasteiger partial charge in [-0.2, -0.15) is 5.10 Å². The Kier molecular flexibility index (Phi) is 7.44. The normalized spacial score (nSPS) is 18.3. The third-order valence-electron chi connectivity index (χ3n) is 9.61. The minimum Gasteiger partial charge on any atom is -0.486 e. The Morgan fingerprint density at radius 3 is 2.52 bits per heavy atom. The maximum atomic E-state index is 12.5. The van der Waals surface area contributed by atoms with Crippen LogP contribution in [0, 0.1) is 12.8 Å². The van der Waals surface area contributed by atoms with Crippen LogP contribution in [-0.2, 0) is 17.6 Å². The zero-order chi connectivity index (χ0) is 30.4. The molecule has 1 saturated carbocycles. The lowest BCUT2D eigenvalue weighted by Crippen LogP contribution is -2.38. The number of benzene rings is 2. The lowest BCUT2D eigenvalue weighted by molar-refractivity contribution is -0.133. The molecule has 1 saturated heterocycles. The Bertz CT molecular complexity index is 1730. The molecule has 2 fully saturated rings. The highest BCUT2D eigenvalue weighted by Crippen LogP contribution is 2.42. The van der Waals surface area contributed by atoms with E-state index < -0.39 is 5.97 Å². The number of nitrogens with zero attached hydrogens (tertiary/aromatic N) is 4. The summed E-state index contributed by atoms with van der Waals surface area (Å²) in [5, 5.41) is 13.8. The number of aryl methyl sites for hydroxylation is 2. The number of aromatic carboxylic acids is 1. The summed E-state index contributed by atoms with van der Waals surface area (Å²) >= 11 is 0. The molecule has 2 aliphatic carbocycles. The molecule has 1 atom stereocenters. The van der Waals surface area contributed by atoms with Crippen LogP contribution in [0.5, 0.6) is 5.75 Å². The van der Waals surface area contributed by atoms with Gasteiger partial charge in [-0.25, -0.2) is 14.5 Å². The Morgan fingerprint density at radius 2 is 1.80 bits per heavy atom. The van der Waals surface area contributed by atoms with Gasteiger partial charge in [0.2, 0.25) is 5.91 Å². The standard InChI is InChI=1S/C36H38N4O4/c1-3-23-20-27(13-14-28(23)24-16-18-39(19-17-24)35(41)26-10-11-26)44-32-15-12-25-6-4-7-29(34(25)32)31-8-5-9-33(38-31)40-22(2)30(21-37-40)36(42)43/h4-9,13-14,20-21,24,26,32H,3,10-12,15-19H2,1-2H3,(H,42,43)/t32-/m0/s1. The van der Waals surface area contributed by atoms with E-state index in [4.69, 9.17) is 9.72 Å². The summed E-state index contributed by atoms with van der Waals surface area (Å²) in [6.45, 7) is 5.67. The largest absolute Gasteiger partial charge is 0.486 e. The highest BCUT2D eigenvalue weighted by atomic mass is 16.5. The van der Waals surface area contributed by atoms with Crippen LogP contribution in [-0.4, -0.2) is 49.7 Å². The number of aromatic nitrogens is 3. The van der Waals surface area contributed by atoms with E-state index in [0.717, 1.165) is 80.6 Å². The summed E-state index contributed by atoms with van der Waals surface area (Å²) in [4.78, 5) is 31.1. The Labute approximate surface area is 257 Å². The molecule has 1 N–H and O–H groups in total. The fourth-order valence-electron chi connectivity index (χ4n) is 7.05. The van der Waals surface area contributed by atoms with Gasteiger partial charge in [0.15, 0.2) is 5.82 Å². The summed E-state index contributed by atoms with van der Waals surface area (Å²) in [6.07, 6.45) is 8.21. The SMILES string of the molecule is CCc1cc(O[C@H]2CCc3cccc(-c4cccc(-n5ncc(C(=O)O)c5C)n4)c32)ccc1C1CCN(C(=O)C2CC2)CC1. The lowest BCUT2D eigenvalue weighted by atomic mass is 9.85. The fourth-order valence-corrected chi connectivity index (χ4v) is 7.05. The number of carbonyl (C=O) groups is 2. The molecule has 3 heterocycles. The fraction of sp³-hybridized carbons (Fsp3) is 0.389. The van der Waals surface area contributed by atoms with Crippen molar-refractivity contribution in [1.29, 1.82) is 0 Å². The number of carboxylic acid groups (broad SMARTS) is 1. The van der Waals surface area contributed by atoms with Crippen LogP contribution in [0.3, 0.4) is 0 Å². The molecule has 0 bridgehead atoms. The van der Waals surface area contributed by atoms with Crippen LogP contribution in [0.4, 0.5) is 0 Å². The Hall–Kier alpha value is -4.46. The van der Waals surface area contributed by atoms with Gasteiger partial charge in [-0.1, -0.05) is 37.3 Å². The van der Waals surface area contributed by atoms with Gasteiger partial charge >= 0.3 is 5.97 Å². The van der Waals surface area contributed by atoms with Crippen molar-refractivity contribution < 1.29 is 19.4 Å². The smallest absolute Gasteiger partial charge is 0.339 e. The van der Waals surface area contributed by atoms with Crippen LogP contribution in [0.1, 0.15) is 89.4 Å². The van der Waals surface area contributed by atoms with E-state index in [0.29, 0.717) is 29.3 Å². The van der Waals surface area contributed by atoms with Gasteiger partial charge in [0.1, 0.15) is 17.4 Å². The van der Waals surface area contributed by atoms with Crippen LogP contribution < -0.4 is 4.74 Å². The second-order valence-electron chi connectivity index (χ2n) is 12.4. The summed E-state index contributed by atoms with van der Waals surface area (Å²) in [6, 6.07) is 18.7. The number of likely N-dealkylation sites (tertiary alicyclic amines) is 1. The first-order chi connectivity index (χ1) is 21.4. The molecule has 0 spiro atoms. The number of rotatable bonds is 8. The highest BCUT2D eigenvalue weighted by molar-refractivity contribution is 5.88. The van der Waals surface area contributed by atoms with Crippen molar-refractivity contribution >= 4 is 11.9 Å². The molecule has 2 aromatic carbocycles. The van der Waals surface area contributed by atoms with Crippen molar-refractivity contribution in [2.75, 3.05) is 13.1 Å². The van der Waals surface area contributed by atoms with Gasteiger partial charge in [0.25, 0.3) is 0 Å². The van der Waals surface area contributed by atoms with E-state index in [9.17, 15) is 14.7 Å². The average molecular weight is 591 g/mol. The Balaban J connectivity index is 1.12. The van der Waals surface area contributed by atoms with E-state index in [1.54, 1.807) is 11.6 Å². The number of piperidine rings is 1. The maximum Gasteiger partial charge on any atom is 0.339 e. The first-order valence-electron chi connectivity index (χ1n) is 15.9. The van der Waals surface area contributed by atoms with Crippen molar-refractivity contribution in [2.45, 2.75) is 70.8 Å². The van der Waals surface area contributed by atoms with Gasteiger partial charge in [-0.3, -0.25) is 4.79 Å². The third-order valence-corrected chi connectivity index (χ3v) is 9.61. The number of amides is 1. The molecular formula is C36H38N4O4. The van der Waals surface area contributed by atoms with Crippen LogP contribution in [0.2, 0.25) is 0 Å². The number of fused-ring (bicyclic) bond motifs is 1. The number of ether oxygens (including phenoxy) is 1. The van der Waals surface area contributed by atoms with Crippen LogP contribution >= 0.6 is 0 Å². The Morgan fingerprint density at radius 1 is 1.00 bits per heavy atom. The zero-order valence-corrected chi connectivity index (χ0v) is 25.3. The second kappa shape index (κ2) is 11.6. The van der Waals surface area contributed by atoms with Gasteiger partial charge < -0.3 is 14.7 Å². The molecule has 1 aliphatic heterocycles. The number of hydrogen-bond acceptors (Lipinski definition) is 5. The molecule has 44 heavy (non-hydrogen) atoms. The predicted octanol–water partition coefficient (Wildman–Crippen LogP) is 6.69. The van der Waals surface area contributed by atoms with E-state index in [2.05, 4.69) is 53.3 Å². The highest BCUT2D eigenvalue weighted by Gasteiger charge is 2.35. The van der Waals surface area contributed by atoms with E-state index in [-0.39, 0.29) is 11.7 Å². The monoisotopic (exact) mass is 590 g/mol. The number of hydrogen-bond donors (Lipinski definition) is 1. The number of carboxylic acids is 1. The molecule has 1 amide bonds. The number of carbonyl (C=O) groups excluding carboxylic acids is 1. The van der Waals surface area contributed by atoms with Crippen molar-refractivity contribution in [3.05, 3.63) is 94.3 Å². The van der Waals surface area contributed by atoms with E-state index >= 15 is 0 Å². The molecular weight excluding hydrogens is 552 g/mol. The summed E-state index contributed by atoms with van der Waals surface area (Å²) < 4.78 is 8.31. The second-order valence-corrected chi connectivity index (χ2v) is 12.4. The van der Waals surface area contributed by atoms with Gasteiger partial charge in [0, 0.05) is 30.1 Å². The van der Waals surface area contributed by atoms with Crippen LogP contribution in [0.15, 0.2) is 60.8 Å². The minimum atomic E-state index is -1.00. The van der Waals surface area contributed by atoms with E-state index in [1.165, 1.54) is 22.9 Å². The van der Waals surface area contributed by atoms with Crippen molar-refractivity contribution in [2.24, 2.45) is 5.92 Å². The summed E-state index contributed by atoms with van der Waals surface area (Å²) in [7, 11) is 0. The third kappa shape index (κ3) is 5.27. The van der Waals surface area contributed by atoms with Gasteiger partial charge in [0.05, 0.1) is 17.6 Å². The number of pyridine rings is 1. The molecule has 7 rings (SSSR count).